The molecule has 1 fully saturated rings. The second-order valence-electron chi connectivity index (χ2n) is 7.01. The van der Waals surface area contributed by atoms with Gasteiger partial charge in [0.25, 0.3) is 0 Å². The number of hydrogen-bond acceptors (Lipinski definition) is 4. The van der Waals surface area contributed by atoms with Crippen LogP contribution in [-0.4, -0.2) is 35.4 Å². The first kappa shape index (κ1) is 20.0. The van der Waals surface area contributed by atoms with Crippen molar-refractivity contribution in [2.75, 3.05) is 19.6 Å². The summed E-state index contributed by atoms with van der Waals surface area (Å²) in [4.78, 5) is 14.9. The predicted octanol–water partition coefficient (Wildman–Crippen LogP) is 4.75. The fourth-order valence-corrected chi connectivity index (χ4v) is 3.73. The van der Waals surface area contributed by atoms with Crippen molar-refractivity contribution in [3.8, 4) is 0 Å². The van der Waals surface area contributed by atoms with E-state index in [0.717, 1.165) is 31.6 Å². The van der Waals surface area contributed by atoms with Crippen LogP contribution in [0.4, 0.5) is 8.28 Å². The maximum Gasteiger partial charge on any atom is 0.162 e. The predicted molar refractivity (Wildman–Crippen MR) is 103 cm³/mol. The molecule has 0 atom stereocenters. The van der Waals surface area contributed by atoms with Gasteiger partial charge in [-0.3, -0.25) is 4.79 Å². The molecular formula is C21H23F2NO2S. The lowest BCUT2D eigenvalue weighted by Crippen LogP contribution is -2.42. The van der Waals surface area contributed by atoms with Gasteiger partial charge in [0, 0.05) is 30.0 Å². The normalized spacial score (nSPS) is 17.0. The van der Waals surface area contributed by atoms with Gasteiger partial charge in [-0.25, -0.2) is 4.39 Å². The minimum Gasteiger partial charge on any atom is -0.385 e. The molecule has 3 rings (SSSR count). The van der Waals surface area contributed by atoms with Gasteiger partial charge in [0.2, 0.25) is 0 Å². The molecule has 0 aromatic heterocycles. The lowest BCUT2D eigenvalue weighted by atomic mass is 9.84. The van der Waals surface area contributed by atoms with Crippen molar-refractivity contribution in [1.82, 2.24) is 4.90 Å². The molecule has 2 aromatic rings. The Kier molecular flexibility index (Phi) is 6.63. The van der Waals surface area contributed by atoms with Crippen molar-refractivity contribution in [3.05, 3.63) is 65.5 Å². The molecule has 6 heteroatoms. The maximum absolute atomic E-state index is 12.9. The molecule has 0 aliphatic carbocycles. The van der Waals surface area contributed by atoms with Crippen LogP contribution in [-0.2, 0) is 5.60 Å². The van der Waals surface area contributed by atoms with E-state index in [0.29, 0.717) is 29.7 Å². The molecule has 0 saturated carbocycles. The summed E-state index contributed by atoms with van der Waals surface area (Å²) >= 11 is 0.198. The number of carbonyl (C=O) groups is 1. The summed E-state index contributed by atoms with van der Waals surface area (Å²) < 4.78 is 25.5. The van der Waals surface area contributed by atoms with Crippen LogP contribution >= 0.6 is 12.1 Å². The Balaban J connectivity index is 1.45. The molecule has 1 saturated heterocycles. The summed E-state index contributed by atoms with van der Waals surface area (Å²) in [6, 6.07) is 12.6. The third-order valence-electron chi connectivity index (χ3n) is 5.21. The fourth-order valence-electron chi connectivity index (χ4n) is 3.50. The van der Waals surface area contributed by atoms with Gasteiger partial charge in [0.05, 0.1) is 17.7 Å². The number of Topliss-reactive ketones (excluding diaryl/α,β-unsaturated/α-hetero) is 1. The van der Waals surface area contributed by atoms with Crippen molar-refractivity contribution >= 4 is 17.9 Å². The van der Waals surface area contributed by atoms with E-state index < -0.39 is 5.60 Å². The van der Waals surface area contributed by atoms with Crippen molar-refractivity contribution in [2.45, 2.75) is 36.2 Å². The van der Waals surface area contributed by atoms with Gasteiger partial charge in [-0.05, 0) is 67.8 Å². The molecule has 1 heterocycles. The number of benzene rings is 2. The number of aliphatic hydroxyl groups is 1. The number of carbonyl (C=O) groups excluding carboxylic acids is 1. The Labute approximate surface area is 162 Å². The molecule has 144 valence electrons. The largest absolute Gasteiger partial charge is 0.385 e. The zero-order valence-electron chi connectivity index (χ0n) is 15.0. The zero-order valence-corrected chi connectivity index (χ0v) is 15.9. The van der Waals surface area contributed by atoms with E-state index in [-0.39, 0.29) is 23.7 Å². The monoisotopic (exact) mass is 391 g/mol. The molecule has 3 nitrogen and oxygen atoms in total. The van der Waals surface area contributed by atoms with E-state index in [2.05, 4.69) is 4.90 Å². The SMILES string of the molecule is O=C(CCCN1CCC(O)(c2ccc(SF)cc2)CC1)c1ccc(F)cc1. The standard InChI is InChI=1S/C21H23F2NO2S/c22-18-7-3-16(4-8-18)20(25)2-1-13-24-14-11-21(26,12-15-24)17-5-9-19(27-23)10-6-17/h3-10,26H,1-2,11-15H2. The van der Waals surface area contributed by atoms with Crippen LogP contribution in [0.2, 0.25) is 0 Å². The van der Waals surface area contributed by atoms with Crippen molar-refractivity contribution < 1.29 is 18.2 Å². The van der Waals surface area contributed by atoms with Gasteiger partial charge in [-0.2, -0.15) is 3.89 Å². The highest BCUT2D eigenvalue weighted by atomic mass is 32.2. The highest BCUT2D eigenvalue weighted by molar-refractivity contribution is 7.94. The van der Waals surface area contributed by atoms with E-state index in [1.807, 2.05) is 0 Å². The first-order chi connectivity index (χ1) is 13.0. The number of halogens is 2. The Morgan fingerprint density at radius 3 is 2.30 bits per heavy atom. The molecule has 0 unspecified atom stereocenters. The summed E-state index contributed by atoms with van der Waals surface area (Å²) in [5.41, 5.74) is 0.491. The summed E-state index contributed by atoms with van der Waals surface area (Å²) in [5.74, 6) is -0.320. The molecule has 1 N–H and O–H groups in total. The molecule has 2 aromatic carbocycles. The Bertz CT molecular complexity index is 757. The van der Waals surface area contributed by atoms with E-state index in [9.17, 15) is 18.2 Å². The third-order valence-corrected chi connectivity index (χ3v) is 5.66. The number of hydrogen-bond donors (Lipinski definition) is 1. The Morgan fingerprint density at radius 2 is 1.70 bits per heavy atom. The second kappa shape index (κ2) is 8.95. The maximum atomic E-state index is 12.9. The number of nitrogens with zero attached hydrogens (tertiary/aromatic N) is 1. The Morgan fingerprint density at radius 1 is 1.07 bits per heavy atom. The van der Waals surface area contributed by atoms with Crippen LogP contribution < -0.4 is 0 Å². The van der Waals surface area contributed by atoms with E-state index in [1.54, 1.807) is 24.3 Å². The van der Waals surface area contributed by atoms with Gasteiger partial charge >= 0.3 is 0 Å². The molecule has 0 amide bonds. The topological polar surface area (TPSA) is 40.5 Å². The second-order valence-corrected chi connectivity index (χ2v) is 7.63. The minimum absolute atomic E-state index is 0.0225. The average Bonchev–Trinajstić information content (AvgIpc) is 2.70. The quantitative estimate of drug-likeness (QED) is 0.692. The van der Waals surface area contributed by atoms with E-state index >= 15 is 0 Å². The third kappa shape index (κ3) is 5.15. The Hall–Kier alpha value is -1.76. The molecule has 0 spiro atoms. The molecule has 0 bridgehead atoms. The van der Waals surface area contributed by atoms with Gasteiger partial charge < -0.3 is 10.0 Å². The molecule has 1 aliphatic heterocycles. The molecule has 27 heavy (non-hydrogen) atoms. The minimum atomic E-state index is -0.875. The number of likely N-dealkylation sites (tertiary alicyclic amines) is 1. The van der Waals surface area contributed by atoms with Crippen molar-refractivity contribution in [3.63, 3.8) is 0 Å². The lowest BCUT2D eigenvalue weighted by molar-refractivity contribution is -0.0260. The summed E-state index contributed by atoms with van der Waals surface area (Å²) in [7, 11) is 0. The van der Waals surface area contributed by atoms with E-state index in [1.165, 1.54) is 24.3 Å². The van der Waals surface area contributed by atoms with Gasteiger partial charge in [-0.15, -0.1) is 0 Å². The van der Waals surface area contributed by atoms with Crippen LogP contribution in [0.15, 0.2) is 53.4 Å². The summed E-state index contributed by atoms with van der Waals surface area (Å²) in [6.07, 6.45) is 2.38. The van der Waals surface area contributed by atoms with Gasteiger partial charge in [-0.1, -0.05) is 12.1 Å². The fraction of sp³-hybridized carbons (Fsp3) is 0.381. The number of ketones is 1. The highest BCUT2D eigenvalue weighted by Crippen LogP contribution is 2.34. The average molecular weight is 391 g/mol. The van der Waals surface area contributed by atoms with Crippen LogP contribution in [0.5, 0.6) is 0 Å². The first-order valence-electron chi connectivity index (χ1n) is 9.13. The van der Waals surface area contributed by atoms with Crippen molar-refractivity contribution in [2.24, 2.45) is 0 Å². The van der Waals surface area contributed by atoms with Gasteiger partial charge in [0.1, 0.15) is 5.82 Å². The van der Waals surface area contributed by atoms with Gasteiger partial charge in [0.15, 0.2) is 5.78 Å². The van der Waals surface area contributed by atoms with Crippen LogP contribution in [0.3, 0.4) is 0 Å². The number of rotatable bonds is 7. The first-order valence-corrected chi connectivity index (χ1v) is 9.84. The van der Waals surface area contributed by atoms with Crippen LogP contribution in [0.25, 0.3) is 0 Å². The van der Waals surface area contributed by atoms with Crippen LogP contribution in [0, 0.1) is 5.82 Å². The molecule has 1 aliphatic rings. The summed E-state index contributed by atoms with van der Waals surface area (Å²) in [5, 5.41) is 10.9. The zero-order chi connectivity index (χ0) is 19.3. The summed E-state index contributed by atoms with van der Waals surface area (Å²) in [6.45, 7) is 2.29. The molecule has 0 radical (unpaired) electrons. The van der Waals surface area contributed by atoms with E-state index in [4.69, 9.17) is 0 Å². The highest BCUT2D eigenvalue weighted by Gasteiger charge is 2.33. The number of piperidine rings is 1. The van der Waals surface area contributed by atoms with Crippen molar-refractivity contribution in [1.29, 1.82) is 0 Å². The smallest absolute Gasteiger partial charge is 0.162 e. The molecular weight excluding hydrogens is 368 g/mol. The van der Waals surface area contributed by atoms with Crippen LogP contribution in [0.1, 0.15) is 41.6 Å². The lowest BCUT2D eigenvalue weighted by Gasteiger charge is -2.38.